The van der Waals surface area contributed by atoms with Gasteiger partial charge in [0.15, 0.2) is 0 Å². The predicted molar refractivity (Wildman–Crippen MR) is 77.7 cm³/mol. The third-order valence-electron chi connectivity index (χ3n) is 3.83. The summed E-state index contributed by atoms with van der Waals surface area (Å²) in [5, 5.41) is -0.0749. The number of imidazole rings is 1. The molecule has 0 spiro atoms. The highest BCUT2D eigenvalue weighted by atomic mass is 35.5. The quantitative estimate of drug-likeness (QED) is 0.801. The van der Waals surface area contributed by atoms with Gasteiger partial charge in [-0.3, -0.25) is 0 Å². The van der Waals surface area contributed by atoms with E-state index in [2.05, 4.69) is 29.7 Å². The molecule has 1 saturated heterocycles. The van der Waals surface area contributed by atoms with Crippen molar-refractivity contribution in [3.8, 4) is 0 Å². The molecule has 3 nitrogen and oxygen atoms in total. The Morgan fingerprint density at radius 3 is 3.05 bits per heavy atom. The first-order valence-electron chi connectivity index (χ1n) is 6.84. The van der Waals surface area contributed by atoms with Crippen LogP contribution in [0.2, 0.25) is 0 Å². The maximum absolute atomic E-state index is 6.30. The second kappa shape index (κ2) is 5.14. The molecule has 1 fully saturated rings. The number of hydrogen-bond donors (Lipinski definition) is 0. The Morgan fingerprint density at radius 2 is 2.37 bits per heavy atom. The van der Waals surface area contributed by atoms with Crippen LogP contribution in [-0.4, -0.2) is 22.8 Å². The number of benzene rings is 1. The normalized spacial score (nSPS) is 21.1. The summed E-state index contributed by atoms with van der Waals surface area (Å²) in [6.07, 6.45) is 1.13. The van der Waals surface area contributed by atoms with Crippen LogP contribution in [0.4, 0.5) is 0 Å². The Hall–Kier alpha value is -1.06. The number of nitrogens with zero attached hydrogens (tertiary/aromatic N) is 2. The van der Waals surface area contributed by atoms with Crippen molar-refractivity contribution in [1.29, 1.82) is 0 Å². The number of rotatable bonds is 3. The van der Waals surface area contributed by atoms with Gasteiger partial charge in [-0.25, -0.2) is 4.98 Å². The van der Waals surface area contributed by atoms with Crippen LogP contribution in [-0.2, 0) is 11.3 Å². The maximum Gasteiger partial charge on any atom is 0.127 e. The van der Waals surface area contributed by atoms with E-state index in [1.807, 2.05) is 6.92 Å². The minimum atomic E-state index is -0.0749. The molecule has 2 atom stereocenters. The van der Waals surface area contributed by atoms with Gasteiger partial charge in [0.05, 0.1) is 23.0 Å². The molecule has 1 aromatic heterocycles. The number of halogens is 1. The van der Waals surface area contributed by atoms with E-state index < -0.39 is 0 Å². The highest BCUT2D eigenvalue weighted by Crippen LogP contribution is 2.28. The third-order valence-corrected chi connectivity index (χ3v) is 4.03. The molecule has 102 valence electrons. The molecule has 1 aliphatic heterocycles. The van der Waals surface area contributed by atoms with Crippen LogP contribution in [0.25, 0.3) is 11.0 Å². The van der Waals surface area contributed by atoms with Gasteiger partial charge >= 0.3 is 0 Å². The molecule has 0 saturated carbocycles. The van der Waals surface area contributed by atoms with E-state index in [1.165, 1.54) is 11.1 Å². The van der Waals surface area contributed by atoms with Crippen molar-refractivity contribution in [3.05, 3.63) is 29.6 Å². The molecule has 0 aliphatic carbocycles. The van der Waals surface area contributed by atoms with Crippen LogP contribution in [0.5, 0.6) is 0 Å². The average molecular weight is 279 g/mol. The fraction of sp³-hybridized carbons (Fsp3) is 0.533. The van der Waals surface area contributed by atoms with Gasteiger partial charge in [0.1, 0.15) is 5.82 Å². The number of aryl methyl sites for hydroxylation is 1. The summed E-state index contributed by atoms with van der Waals surface area (Å²) in [7, 11) is 0. The molecule has 3 rings (SSSR count). The zero-order valence-corrected chi connectivity index (χ0v) is 12.2. The van der Waals surface area contributed by atoms with Crippen molar-refractivity contribution >= 4 is 22.6 Å². The van der Waals surface area contributed by atoms with Crippen LogP contribution in [0, 0.1) is 12.8 Å². The van der Waals surface area contributed by atoms with E-state index in [1.54, 1.807) is 0 Å². The molecule has 1 aliphatic rings. The van der Waals surface area contributed by atoms with E-state index in [0.29, 0.717) is 5.92 Å². The van der Waals surface area contributed by atoms with Crippen LogP contribution in [0.1, 0.15) is 30.1 Å². The second-order valence-electron chi connectivity index (χ2n) is 5.37. The lowest BCUT2D eigenvalue weighted by Gasteiger charge is -2.14. The second-order valence-corrected chi connectivity index (χ2v) is 6.02. The number of ether oxygens (including phenoxy) is 1. The van der Waals surface area contributed by atoms with Gasteiger partial charge in [-0.1, -0.05) is 12.1 Å². The fourth-order valence-electron chi connectivity index (χ4n) is 2.79. The van der Waals surface area contributed by atoms with E-state index in [9.17, 15) is 0 Å². The Balaban J connectivity index is 2.08. The van der Waals surface area contributed by atoms with Crippen molar-refractivity contribution in [2.45, 2.75) is 32.2 Å². The predicted octanol–water partition coefficient (Wildman–Crippen LogP) is 3.68. The van der Waals surface area contributed by atoms with E-state index >= 15 is 0 Å². The minimum Gasteiger partial charge on any atom is -0.381 e. The molecule has 19 heavy (non-hydrogen) atoms. The lowest BCUT2D eigenvalue weighted by atomic mass is 10.1. The summed E-state index contributed by atoms with van der Waals surface area (Å²) >= 11 is 6.30. The molecule has 1 aromatic carbocycles. The van der Waals surface area contributed by atoms with Gasteiger partial charge in [0.25, 0.3) is 0 Å². The number of para-hydroxylation sites is 1. The number of aromatic nitrogens is 2. The zero-order valence-electron chi connectivity index (χ0n) is 11.4. The largest absolute Gasteiger partial charge is 0.381 e. The zero-order chi connectivity index (χ0) is 13.4. The van der Waals surface area contributed by atoms with Crippen molar-refractivity contribution in [3.63, 3.8) is 0 Å². The van der Waals surface area contributed by atoms with Crippen molar-refractivity contribution in [1.82, 2.24) is 9.55 Å². The van der Waals surface area contributed by atoms with Crippen molar-refractivity contribution < 1.29 is 4.74 Å². The Morgan fingerprint density at radius 1 is 1.53 bits per heavy atom. The molecular weight excluding hydrogens is 260 g/mol. The molecule has 2 aromatic rings. The Labute approximate surface area is 118 Å². The standard InChI is InChI=1S/C15H19ClN2O/c1-10-4-3-5-13-14(10)17-15(11(2)16)18(13)8-12-6-7-19-9-12/h3-5,11-12H,6-9H2,1-2H3. The summed E-state index contributed by atoms with van der Waals surface area (Å²) in [5.41, 5.74) is 3.47. The molecule has 0 amide bonds. The van der Waals surface area contributed by atoms with Gasteiger partial charge in [-0.2, -0.15) is 0 Å². The number of fused-ring (bicyclic) bond motifs is 1. The van der Waals surface area contributed by atoms with E-state index in [-0.39, 0.29) is 5.38 Å². The lowest BCUT2D eigenvalue weighted by molar-refractivity contribution is 0.182. The molecule has 2 unspecified atom stereocenters. The van der Waals surface area contributed by atoms with E-state index in [0.717, 1.165) is 37.5 Å². The summed E-state index contributed by atoms with van der Waals surface area (Å²) in [5.74, 6) is 1.55. The molecule has 0 bridgehead atoms. The Kier molecular flexibility index (Phi) is 3.50. The van der Waals surface area contributed by atoms with Gasteiger partial charge in [-0.05, 0) is 31.9 Å². The minimum absolute atomic E-state index is 0.0749. The molecule has 4 heteroatoms. The first kappa shape index (κ1) is 12.9. The van der Waals surface area contributed by atoms with Gasteiger partial charge in [-0.15, -0.1) is 11.6 Å². The van der Waals surface area contributed by atoms with E-state index in [4.69, 9.17) is 21.3 Å². The average Bonchev–Trinajstić information content (AvgIpc) is 2.99. The van der Waals surface area contributed by atoms with Gasteiger partial charge in [0.2, 0.25) is 0 Å². The highest BCUT2D eigenvalue weighted by Gasteiger charge is 2.21. The molecule has 0 radical (unpaired) electrons. The SMILES string of the molecule is Cc1cccc2c1nc(C(C)Cl)n2CC1CCOC1. The monoisotopic (exact) mass is 278 g/mol. The van der Waals surface area contributed by atoms with Crippen LogP contribution >= 0.6 is 11.6 Å². The molecular formula is C15H19ClN2O. The third kappa shape index (κ3) is 2.37. The molecule has 2 heterocycles. The van der Waals surface area contributed by atoms with Gasteiger partial charge < -0.3 is 9.30 Å². The van der Waals surface area contributed by atoms with Gasteiger partial charge in [0, 0.05) is 19.1 Å². The smallest absolute Gasteiger partial charge is 0.127 e. The highest BCUT2D eigenvalue weighted by molar-refractivity contribution is 6.20. The van der Waals surface area contributed by atoms with Crippen LogP contribution in [0.3, 0.4) is 0 Å². The Bertz CT molecular complexity index is 585. The van der Waals surface area contributed by atoms with Crippen molar-refractivity contribution in [2.24, 2.45) is 5.92 Å². The summed E-state index contributed by atoms with van der Waals surface area (Å²) in [4.78, 5) is 4.74. The first-order chi connectivity index (χ1) is 9.16. The van der Waals surface area contributed by atoms with Crippen molar-refractivity contribution in [2.75, 3.05) is 13.2 Å². The van der Waals surface area contributed by atoms with Crippen LogP contribution < -0.4 is 0 Å². The lowest BCUT2D eigenvalue weighted by Crippen LogP contribution is -2.13. The first-order valence-corrected chi connectivity index (χ1v) is 7.28. The topological polar surface area (TPSA) is 27.1 Å². The fourth-order valence-corrected chi connectivity index (χ4v) is 2.95. The molecule has 0 N–H and O–H groups in total. The maximum atomic E-state index is 6.30. The number of alkyl halides is 1. The summed E-state index contributed by atoms with van der Waals surface area (Å²) in [6, 6.07) is 6.32. The van der Waals surface area contributed by atoms with Crippen LogP contribution in [0.15, 0.2) is 18.2 Å². The summed E-state index contributed by atoms with van der Waals surface area (Å²) in [6.45, 7) is 6.76. The summed E-state index contributed by atoms with van der Waals surface area (Å²) < 4.78 is 7.75. The number of hydrogen-bond acceptors (Lipinski definition) is 2.